The summed E-state index contributed by atoms with van der Waals surface area (Å²) < 4.78 is 44.9. The number of nitrogens with one attached hydrogen (secondary N) is 1. The quantitative estimate of drug-likeness (QED) is 0.439. The molecule has 20 heavy (non-hydrogen) atoms. The number of ether oxygens (including phenoxy) is 1. The van der Waals surface area contributed by atoms with Gasteiger partial charge in [-0.15, -0.1) is 0 Å². The fourth-order valence-corrected chi connectivity index (χ4v) is 3.38. The molecule has 0 atom stereocenters. The molecule has 1 rings (SSSR count). The molecule has 0 radical (unpaired) electrons. The second kappa shape index (κ2) is 7.16. The summed E-state index contributed by atoms with van der Waals surface area (Å²) in [4.78, 5) is -0.115. The number of rotatable bonds is 7. The maximum atomic E-state index is 13.2. The first-order valence-electron chi connectivity index (χ1n) is 5.70. The van der Waals surface area contributed by atoms with Gasteiger partial charge in [-0.2, -0.15) is 0 Å². The molecule has 0 spiro atoms. The van der Waals surface area contributed by atoms with Gasteiger partial charge in [0.05, 0.1) is 23.8 Å². The van der Waals surface area contributed by atoms with Crippen LogP contribution < -0.4 is 10.5 Å². The van der Waals surface area contributed by atoms with Gasteiger partial charge in [0.2, 0.25) is 10.0 Å². The molecule has 0 aliphatic rings. The Kier molecular flexibility index (Phi) is 6.12. The van der Waals surface area contributed by atoms with Crippen molar-refractivity contribution in [1.29, 1.82) is 0 Å². The van der Waals surface area contributed by atoms with Gasteiger partial charge in [0.15, 0.2) is 0 Å². The summed E-state index contributed by atoms with van der Waals surface area (Å²) in [6.45, 7) is 6.14. The molecular formula is C12H16BrFN2O3S. The second-order valence-electron chi connectivity index (χ2n) is 4.21. The van der Waals surface area contributed by atoms with E-state index in [0.29, 0.717) is 6.61 Å². The zero-order valence-electron chi connectivity index (χ0n) is 10.9. The van der Waals surface area contributed by atoms with Gasteiger partial charge >= 0.3 is 0 Å². The van der Waals surface area contributed by atoms with Crippen LogP contribution in [0.1, 0.15) is 6.92 Å². The number of nitrogens with two attached hydrogens (primary N) is 1. The predicted octanol–water partition coefficient (Wildman–Crippen LogP) is 2.04. The monoisotopic (exact) mass is 366 g/mol. The zero-order chi connectivity index (χ0) is 15.3. The fraction of sp³-hybridized carbons (Fsp3) is 0.333. The Hall–Kier alpha value is -0.960. The Morgan fingerprint density at radius 2 is 2.20 bits per heavy atom. The van der Waals surface area contributed by atoms with Crippen LogP contribution in [0, 0.1) is 5.82 Å². The molecule has 0 aliphatic carbocycles. The van der Waals surface area contributed by atoms with Gasteiger partial charge in [-0.1, -0.05) is 12.2 Å². The lowest BCUT2D eigenvalue weighted by Crippen LogP contribution is -2.28. The Morgan fingerprint density at radius 1 is 1.55 bits per heavy atom. The number of sulfonamides is 1. The molecule has 0 bridgehead atoms. The minimum Gasteiger partial charge on any atom is -0.396 e. The van der Waals surface area contributed by atoms with E-state index < -0.39 is 15.8 Å². The molecule has 8 heteroatoms. The maximum absolute atomic E-state index is 13.2. The van der Waals surface area contributed by atoms with Crippen LogP contribution in [0.2, 0.25) is 0 Å². The number of anilines is 1. The van der Waals surface area contributed by atoms with Crippen molar-refractivity contribution in [3.05, 3.63) is 34.6 Å². The average Bonchev–Trinajstić information content (AvgIpc) is 2.32. The van der Waals surface area contributed by atoms with E-state index in [9.17, 15) is 12.8 Å². The molecule has 5 nitrogen and oxygen atoms in total. The third-order valence-corrected chi connectivity index (χ3v) is 4.65. The SMILES string of the molecule is C=C(C)COCCNS(=O)(=O)c1cc(N)c(F)cc1Br. The van der Waals surface area contributed by atoms with Crippen molar-refractivity contribution in [3.8, 4) is 0 Å². The number of hydrogen-bond acceptors (Lipinski definition) is 4. The summed E-state index contributed by atoms with van der Waals surface area (Å²) in [6, 6.07) is 2.08. The summed E-state index contributed by atoms with van der Waals surface area (Å²) in [5.41, 5.74) is 5.99. The number of halogens is 2. The first-order chi connectivity index (χ1) is 9.24. The molecule has 0 unspecified atom stereocenters. The zero-order valence-corrected chi connectivity index (χ0v) is 13.4. The normalized spacial score (nSPS) is 11.6. The molecule has 0 amide bonds. The summed E-state index contributed by atoms with van der Waals surface area (Å²) in [5.74, 6) is -0.680. The van der Waals surface area contributed by atoms with Gasteiger partial charge in [-0.25, -0.2) is 17.5 Å². The minimum atomic E-state index is -3.78. The Labute approximate surface area is 126 Å². The molecular weight excluding hydrogens is 351 g/mol. The van der Waals surface area contributed by atoms with Gasteiger partial charge in [0, 0.05) is 11.0 Å². The van der Waals surface area contributed by atoms with E-state index in [-0.39, 0.29) is 28.2 Å². The molecule has 112 valence electrons. The largest absolute Gasteiger partial charge is 0.396 e. The van der Waals surface area contributed by atoms with E-state index in [4.69, 9.17) is 10.5 Å². The van der Waals surface area contributed by atoms with E-state index >= 15 is 0 Å². The van der Waals surface area contributed by atoms with Crippen molar-refractivity contribution >= 4 is 31.6 Å². The second-order valence-corrected chi connectivity index (χ2v) is 6.80. The third kappa shape index (κ3) is 4.86. The lowest BCUT2D eigenvalue weighted by atomic mass is 10.3. The molecule has 1 aromatic rings. The van der Waals surface area contributed by atoms with Crippen molar-refractivity contribution in [2.45, 2.75) is 11.8 Å². The molecule has 3 N–H and O–H groups in total. The summed E-state index contributed by atoms with van der Waals surface area (Å²) in [5, 5.41) is 0. The van der Waals surface area contributed by atoms with E-state index in [1.807, 2.05) is 6.92 Å². The summed E-state index contributed by atoms with van der Waals surface area (Å²) in [6.07, 6.45) is 0. The third-order valence-electron chi connectivity index (χ3n) is 2.23. The molecule has 0 aliphatic heterocycles. The van der Waals surface area contributed by atoms with E-state index in [1.165, 1.54) is 0 Å². The lowest BCUT2D eigenvalue weighted by Gasteiger charge is -2.10. The fourth-order valence-electron chi connectivity index (χ4n) is 1.32. The molecule has 0 saturated heterocycles. The number of hydrogen-bond donors (Lipinski definition) is 2. The van der Waals surface area contributed by atoms with Crippen LogP contribution in [0.5, 0.6) is 0 Å². The summed E-state index contributed by atoms with van der Waals surface area (Å²) in [7, 11) is -3.78. The molecule has 1 aromatic carbocycles. The van der Waals surface area contributed by atoms with Gasteiger partial charge in [0.1, 0.15) is 5.82 Å². The Morgan fingerprint density at radius 3 is 2.80 bits per heavy atom. The van der Waals surface area contributed by atoms with Crippen molar-refractivity contribution in [2.24, 2.45) is 0 Å². The molecule has 0 saturated carbocycles. The summed E-state index contributed by atoms with van der Waals surface area (Å²) >= 11 is 3.00. The van der Waals surface area contributed by atoms with Crippen LogP contribution >= 0.6 is 15.9 Å². The van der Waals surface area contributed by atoms with Gasteiger partial charge in [-0.05, 0) is 35.0 Å². The van der Waals surface area contributed by atoms with E-state index in [1.54, 1.807) is 0 Å². The first-order valence-corrected chi connectivity index (χ1v) is 7.98. The van der Waals surface area contributed by atoms with Gasteiger partial charge in [0.25, 0.3) is 0 Å². The van der Waals surface area contributed by atoms with Crippen molar-refractivity contribution in [1.82, 2.24) is 4.72 Å². The number of nitrogen functional groups attached to an aromatic ring is 1. The van der Waals surface area contributed by atoms with Crippen LogP contribution in [-0.2, 0) is 14.8 Å². The highest BCUT2D eigenvalue weighted by Gasteiger charge is 2.19. The topological polar surface area (TPSA) is 81.4 Å². The van der Waals surface area contributed by atoms with Crippen LogP contribution in [0.4, 0.5) is 10.1 Å². The van der Waals surface area contributed by atoms with Crippen LogP contribution in [0.3, 0.4) is 0 Å². The highest BCUT2D eigenvalue weighted by atomic mass is 79.9. The Bertz CT molecular complexity index is 605. The maximum Gasteiger partial charge on any atom is 0.241 e. The van der Waals surface area contributed by atoms with Crippen LogP contribution in [-0.4, -0.2) is 28.2 Å². The van der Waals surface area contributed by atoms with Gasteiger partial charge in [-0.3, -0.25) is 0 Å². The van der Waals surface area contributed by atoms with Crippen LogP contribution in [0.25, 0.3) is 0 Å². The van der Waals surface area contributed by atoms with Crippen molar-refractivity contribution in [2.75, 3.05) is 25.5 Å². The molecule has 0 aromatic heterocycles. The first kappa shape index (κ1) is 17.1. The van der Waals surface area contributed by atoms with Gasteiger partial charge < -0.3 is 10.5 Å². The average molecular weight is 367 g/mol. The predicted molar refractivity (Wildman–Crippen MR) is 79.3 cm³/mol. The molecule has 0 fully saturated rings. The lowest BCUT2D eigenvalue weighted by molar-refractivity contribution is 0.162. The van der Waals surface area contributed by atoms with E-state index in [2.05, 4.69) is 27.2 Å². The molecule has 0 heterocycles. The van der Waals surface area contributed by atoms with Crippen molar-refractivity contribution in [3.63, 3.8) is 0 Å². The minimum absolute atomic E-state index is 0.0966. The standard InChI is InChI=1S/C12H16BrFN2O3S/c1-8(2)7-19-4-3-16-20(17,18)12-6-11(15)10(14)5-9(12)13/h5-6,16H,1,3-4,7,15H2,2H3. The smallest absolute Gasteiger partial charge is 0.241 e. The van der Waals surface area contributed by atoms with E-state index in [0.717, 1.165) is 17.7 Å². The highest BCUT2D eigenvalue weighted by Crippen LogP contribution is 2.26. The van der Waals surface area contributed by atoms with Crippen molar-refractivity contribution < 1.29 is 17.5 Å². The Balaban J connectivity index is 2.70. The van der Waals surface area contributed by atoms with Crippen LogP contribution in [0.15, 0.2) is 33.7 Å². The highest BCUT2D eigenvalue weighted by molar-refractivity contribution is 9.10. The number of benzene rings is 1.